The van der Waals surface area contributed by atoms with Crippen LogP contribution in [0.25, 0.3) is 0 Å². The summed E-state index contributed by atoms with van der Waals surface area (Å²) in [4.78, 5) is 0. The van der Waals surface area contributed by atoms with Gasteiger partial charge in [-0.1, -0.05) is 40.0 Å². The lowest BCUT2D eigenvalue weighted by Crippen LogP contribution is -2.53. The van der Waals surface area contributed by atoms with E-state index in [1.807, 2.05) is 0 Å². The molecule has 0 amide bonds. The lowest BCUT2D eigenvalue weighted by atomic mass is 10.00. The maximum atomic E-state index is 15.0. The molecule has 23 heteroatoms. The highest BCUT2D eigenvalue weighted by atomic mass is 19.4. The first kappa shape index (κ1) is 49.2. The SMILES string of the molecule is CCCC[N+](CCCC)(CCCC)c1c(OB(Oc2cc(C(F)(F)F)cc(C(F)(F)F)c2)Oc2cc(C(F)(F)F)cc(C(F)(F)F)c2)cc(C(F)(F)F)cc1C(F)(F)F. The van der Waals surface area contributed by atoms with Gasteiger partial charge in [-0.15, -0.1) is 0 Å². The molecular weight excluding hydrogens is 847 g/mol. The Morgan fingerprint density at radius 3 is 0.983 bits per heavy atom. The minimum atomic E-state index is -5.63. The first-order chi connectivity index (χ1) is 26.9. The van der Waals surface area contributed by atoms with Gasteiger partial charge in [-0.3, -0.25) is 4.48 Å². The molecule has 0 aliphatic rings. The van der Waals surface area contributed by atoms with E-state index in [-0.39, 0.29) is 75.3 Å². The average Bonchev–Trinajstić information content (AvgIpc) is 3.08. The van der Waals surface area contributed by atoms with E-state index in [1.165, 1.54) is 0 Å². The van der Waals surface area contributed by atoms with E-state index in [4.69, 9.17) is 14.0 Å². The molecule has 0 N–H and O–H groups in total. The van der Waals surface area contributed by atoms with Crippen molar-refractivity contribution in [2.24, 2.45) is 0 Å². The molecule has 0 spiro atoms. The number of rotatable bonds is 16. The molecule has 4 nitrogen and oxygen atoms in total. The van der Waals surface area contributed by atoms with Gasteiger partial charge < -0.3 is 14.0 Å². The third-order valence-corrected chi connectivity index (χ3v) is 8.81. The van der Waals surface area contributed by atoms with Crippen LogP contribution in [0.4, 0.5) is 84.7 Å². The molecule has 0 saturated heterocycles. The summed E-state index contributed by atoms with van der Waals surface area (Å²) in [6.07, 6.45) is -32.2. The number of benzene rings is 3. The largest absolute Gasteiger partial charge is 0.864 e. The Kier molecular flexibility index (Phi) is 15.2. The second-order valence-corrected chi connectivity index (χ2v) is 13.4. The molecular formula is C36H35BF18NO3+. The molecule has 0 aliphatic heterocycles. The topological polar surface area (TPSA) is 27.7 Å². The highest BCUT2D eigenvalue weighted by Crippen LogP contribution is 2.50. The van der Waals surface area contributed by atoms with Crippen LogP contribution in [0.5, 0.6) is 17.2 Å². The van der Waals surface area contributed by atoms with Gasteiger partial charge in [0.2, 0.25) is 0 Å². The quantitative estimate of drug-likeness (QED) is 0.0815. The average molecular weight is 882 g/mol. The van der Waals surface area contributed by atoms with Gasteiger partial charge in [-0.2, -0.15) is 79.0 Å². The predicted molar refractivity (Wildman–Crippen MR) is 178 cm³/mol. The Hall–Kier alpha value is -4.18. The molecule has 0 unspecified atom stereocenters. The summed E-state index contributed by atoms with van der Waals surface area (Å²) in [5.41, 5.74) is -13.4. The fraction of sp³-hybridized carbons (Fsp3) is 0.500. The molecule has 0 aliphatic carbocycles. The van der Waals surface area contributed by atoms with Crippen molar-refractivity contribution >= 4 is 13.0 Å². The van der Waals surface area contributed by atoms with Crippen LogP contribution in [0.3, 0.4) is 0 Å². The van der Waals surface area contributed by atoms with Crippen LogP contribution in [0.2, 0.25) is 0 Å². The standard InChI is InChI=1S/C36H35BF18NO3/c1-4-7-10-56(11-8-5-2,12-9-6-3)30-28(36(53,54)55)19-25(35(50,51)52)20-29(30)59-37(57-26-15-21(31(38,39)40)13-22(16-26)32(41,42)43)58-27-17-23(33(44,45)46)14-24(18-27)34(47,48)49/h13-20H,4-12H2,1-3H3/q+1. The van der Waals surface area contributed by atoms with Crippen molar-refractivity contribution in [3.8, 4) is 17.2 Å². The van der Waals surface area contributed by atoms with Crippen LogP contribution in [0.15, 0.2) is 48.5 Å². The van der Waals surface area contributed by atoms with Crippen LogP contribution in [-0.2, 0) is 37.1 Å². The van der Waals surface area contributed by atoms with Crippen LogP contribution >= 0.6 is 0 Å². The van der Waals surface area contributed by atoms with Crippen molar-refractivity contribution < 1.29 is 93.0 Å². The van der Waals surface area contributed by atoms with Gasteiger partial charge in [-0.05, 0) is 67.8 Å². The number of nitrogens with zero attached hydrogens (tertiary/aromatic N) is 1. The van der Waals surface area contributed by atoms with E-state index in [2.05, 4.69) is 0 Å². The van der Waals surface area contributed by atoms with E-state index in [9.17, 15) is 65.9 Å². The highest BCUT2D eigenvalue weighted by Gasteiger charge is 2.49. The number of unbranched alkanes of at least 4 members (excludes halogenated alkanes) is 3. The number of hydrogen-bond donors (Lipinski definition) is 0. The summed E-state index contributed by atoms with van der Waals surface area (Å²) in [5, 5.41) is 0. The molecule has 59 heavy (non-hydrogen) atoms. The zero-order valence-corrected chi connectivity index (χ0v) is 31.0. The maximum Gasteiger partial charge on any atom is 0.864 e. The van der Waals surface area contributed by atoms with Crippen molar-refractivity contribution in [2.45, 2.75) is 96.4 Å². The Morgan fingerprint density at radius 2 is 0.712 bits per heavy atom. The van der Waals surface area contributed by atoms with Crippen molar-refractivity contribution in [1.82, 2.24) is 4.48 Å². The molecule has 0 fully saturated rings. The minimum Gasteiger partial charge on any atom is -0.490 e. The van der Waals surface area contributed by atoms with Crippen LogP contribution in [0.1, 0.15) is 92.7 Å². The van der Waals surface area contributed by atoms with Crippen molar-refractivity contribution in [3.05, 3.63) is 81.9 Å². The number of quaternary nitrogens is 1. The molecule has 0 aromatic heterocycles. The van der Waals surface area contributed by atoms with E-state index < -0.39 is 117 Å². The second-order valence-electron chi connectivity index (χ2n) is 13.4. The van der Waals surface area contributed by atoms with E-state index in [0.29, 0.717) is 19.3 Å². The normalized spacial score (nSPS) is 13.4. The Bertz CT molecular complexity index is 1700. The van der Waals surface area contributed by atoms with Crippen molar-refractivity contribution in [3.63, 3.8) is 0 Å². The summed E-state index contributed by atoms with van der Waals surface area (Å²) in [5.74, 6) is -4.60. The third-order valence-electron chi connectivity index (χ3n) is 8.81. The van der Waals surface area contributed by atoms with Crippen LogP contribution in [-0.4, -0.2) is 27.0 Å². The fourth-order valence-electron chi connectivity index (χ4n) is 6.01. The first-order valence-electron chi connectivity index (χ1n) is 17.6. The Morgan fingerprint density at radius 1 is 0.407 bits per heavy atom. The molecule has 330 valence electrons. The van der Waals surface area contributed by atoms with Crippen molar-refractivity contribution in [1.29, 1.82) is 0 Å². The van der Waals surface area contributed by atoms with Gasteiger partial charge in [0, 0.05) is 0 Å². The van der Waals surface area contributed by atoms with Gasteiger partial charge in [0.25, 0.3) is 0 Å². The molecule has 0 heterocycles. The smallest absolute Gasteiger partial charge is 0.490 e. The van der Waals surface area contributed by atoms with E-state index in [0.717, 1.165) is 0 Å². The molecule has 0 saturated carbocycles. The monoisotopic (exact) mass is 882 g/mol. The van der Waals surface area contributed by atoms with Crippen LogP contribution < -0.4 is 18.4 Å². The van der Waals surface area contributed by atoms with Gasteiger partial charge in [-0.25, -0.2) is 0 Å². The highest BCUT2D eigenvalue weighted by molar-refractivity contribution is 6.39. The lowest BCUT2D eigenvalue weighted by molar-refractivity contribution is -0.145. The maximum absolute atomic E-state index is 15.0. The molecule has 3 aromatic rings. The predicted octanol–water partition coefficient (Wildman–Crippen LogP) is 14.0. The van der Waals surface area contributed by atoms with Crippen molar-refractivity contribution in [2.75, 3.05) is 19.6 Å². The van der Waals surface area contributed by atoms with E-state index >= 15 is 13.2 Å². The third kappa shape index (κ3) is 13.2. The summed E-state index contributed by atoms with van der Waals surface area (Å²) in [6, 6.07) is -1.69. The van der Waals surface area contributed by atoms with Crippen LogP contribution in [0, 0.1) is 0 Å². The Balaban J connectivity index is 2.54. The summed E-state index contributed by atoms with van der Waals surface area (Å²) >= 11 is 0. The lowest BCUT2D eigenvalue weighted by Gasteiger charge is -2.41. The molecule has 3 rings (SSSR count). The fourth-order valence-corrected chi connectivity index (χ4v) is 6.01. The molecule has 3 aromatic carbocycles. The minimum absolute atomic E-state index is 0.0122. The summed E-state index contributed by atoms with van der Waals surface area (Å²) in [7, 11) is -3.27. The summed E-state index contributed by atoms with van der Waals surface area (Å²) < 4.78 is 268. The number of hydrogen-bond acceptors (Lipinski definition) is 3. The van der Waals surface area contributed by atoms with Gasteiger partial charge in [0.05, 0.1) is 47.5 Å². The zero-order valence-electron chi connectivity index (χ0n) is 31.0. The van der Waals surface area contributed by atoms with E-state index in [1.54, 1.807) is 20.8 Å². The number of halogens is 18. The summed E-state index contributed by atoms with van der Waals surface area (Å²) in [6.45, 7) is 4.27. The first-order valence-corrected chi connectivity index (χ1v) is 17.6. The molecule has 0 atom stereocenters. The van der Waals surface area contributed by atoms with Gasteiger partial charge >= 0.3 is 44.4 Å². The van der Waals surface area contributed by atoms with Gasteiger partial charge in [0.1, 0.15) is 17.1 Å². The number of alkyl halides is 18. The Labute approximate surface area is 325 Å². The second kappa shape index (κ2) is 18.2. The zero-order chi connectivity index (χ0) is 45.0. The van der Waals surface area contributed by atoms with Gasteiger partial charge in [0.15, 0.2) is 11.4 Å². The molecule has 0 bridgehead atoms. The molecule has 0 radical (unpaired) electrons.